The fraction of sp³-hybridized carbons (Fsp3) is 0.100. The first-order chi connectivity index (χ1) is 12.8. The zero-order valence-electron chi connectivity index (χ0n) is 14.3. The Kier molecular flexibility index (Phi) is 4.66. The standard InChI is InChI=1S/C20H17N5S/c1-14-23-18(15-5-3-2-4-6-15)11-19(24-14)22-12-17-13-26-20(25-17)16-7-9-21-10-8-16/h2-11,13H,12H2,1H3,(H,22,23,24). The van der Waals surface area contributed by atoms with E-state index < -0.39 is 0 Å². The van der Waals surface area contributed by atoms with Crippen LogP contribution < -0.4 is 5.32 Å². The second-order valence-corrected chi connectivity index (χ2v) is 6.64. The van der Waals surface area contributed by atoms with Crippen molar-refractivity contribution >= 4 is 17.2 Å². The lowest BCUT2D eigenvalue weighted by atomic mass is 10.1. The van der Waals surface area contributed by atoms with E-state index in [9.17, 15) is 0 Å². The normalized spacial score (nSPS) is 10.7. The maximum absolute atomic E-state index is 4.68. The molecule has 26 heavy (non-hydrogen) atoms. The molecular formula is C20H17N5S. The molecule has 0 saturated carbocycles. The number of benzene rings is 1. The predicted octanol–water partition coefficient (Wildman–Crippen LogP) is 4.58. The summed E-state index contributed by atoms with van der Waals surface area (Å²) < 4.78 is 0. The fourth-order valence-electron chi connectivity index (χ4n) is 2.61. The molecule has 4 rings (SSSR count). The smallest absolute Gasteiger partial charge is 0.130 e. The van der Waals surface area contributed by atoms with Gasteiger partial charge in [0.1, 0.15) is 16.6 Å². The quantitative estimate of drug-likeness (QED) is 0.565. The van der Waals surface area contributed by atoms with Gasteiger partial charge in [-0.15, -0.1) is 11.3 Å². The first kappa shape index (κ1) is 16.4. The van der Waals surface area contributed by atoms with Gasteiger partial charge in [-0.3, -0.25) is 4.98 Å². The molecule has 128 valence electrons. The predicted molar refractivity (Wildman–Crippen MR) is 105 cm³/mol. The molecule has 4 aromatic rings. The van der Waals surface area contributed by atoms with Crippen LogP contribution in [0.4, 0.5) is 5.82 Å². The maximum Gasteiger partial charge on any atom is 0.130 e. The van der Waals surface area contributed by atoms with Gasteiger partial charge in [0.25, 0.3) is 0 Å². The Balaban J connectivity index is 1.50. The molecule has 0 radical (unpaired) electrons. The monoisotopic (exact) mass is 359 g/mol. The molecule has 0 spiro atoms. The number of anilines is 1. The Morgan fingerprint density at radius 3 is 2.54 bits per heavy atom. The molecule has 0 aliphatic rings. The third-order valence-electron chi connectivity index (χ3n) is 3.84. The minimum atomic E-state index is 0.617. The summed E-state index contributed by atoms with van der Waals surface area (Å²) in [5.74, 6) is 1.54. The van der Waals surface area contributed by atoms with Crippen molar-refractivity contribution in [1.29, 1.82) is 0 Å². The van der Waals surface area contributed by atoms with Crippen molar-refractivity contribution in [3.05, 3.63) is 77.8 Å². The second kappa shape index (κ2) is 7.41. The van der Waals surface area contributed by atoms with E-state index in [1.54, 1.807) is 23.7 Å². The van der Waals surface area contributed by atoms with Crippen molar-refractivity contribution in [2.24, 2.45) is 0 Å². The molecular weight excluding hydrogens is 342 g/mol. The highest BCUT2D eigenvalue weighted by Crippen LogP contribution is 2.24. The number of aromatic nitrogens is 4. The highest BCUT2D eigenvalue weighted by atomic mass is 32.1. The number of nitrogens with zero attached hydrogens (tertiary/aromatic N) is 4. The van der Waals surface area contributed by atoms with Crippen LogP contribution in [0.1, 0.15) is 11.5 Å². The number of hydrogen-bond acceptors (Lipinski definition) is 6. The van der Waals surface area contributed by atoms with E-state index in [2.05, 4.69) is 30.6 Å². The number of aryl methyl sites for hydroxylation is 1. The van der Waals surface area contributed by atoms with Crippen LogP contribution in [0.25, 0.3) is 21.8 Å². The molecule has 0 bridgehead atoms. The zero-order valence-corrected chi connectivity index (χ0v) is 15.1. The topological polar surface area (TPSA) is 63.6 Å². The van der Waals surface area contributed by atoms with Crippen LogP contribution in [0.2, 0.25) is 0 Å². The molecule has 1 N–H and O–H groups in total. The number of nitrogens with one attached hydrogen (secondary N) is 1. The van der Waals surface area contributed by atoms with Crippen molar-refractivity contribution in [1.82, 2.24) is 19.9 Å². The van der Waals surface area contributed by atoms with E-state index in [1.165, 1.54) is 0 Å². The minimum Gasteiger partial charge on any atom is -0.364 e. The van der Waals surface area contributed by atoms with E-state index in [0.717, 1.165) is 39.2 Å². The number of rotatable bonds is 5. The van der Waals surface area contributed by atoms with Crippen LogP contribution in [0.5, 0.6) is 0 Å². The molecule has 3 heterocycles. The van der Waals surface area contributed by atoms with E-state index in [-0.39, 0.29) is 0 Å². The van der Waals surface area contributed by atoms with E-state index >= 15 is 0 Å². The average Bonchev–Trinajstić information content (AvgIpc) is 3.16. The Labute approximate surface area is 155 Å². The van der Waals surface area contributed by atoms with Crippen molar-refractivity contribution in [2.45, 2.75) is 13.5 Å². The van der Waals surface area contributed by atoms with Crippen molar-refractivity contribution in [2.75, 3.05) is 5.32 Å². The zero-order chi connectivity index (χ0) is 17.8. The average molecular weight is 359 g/mol. The second-order valence-electron chi connectivity index (χ2n) is 5.79. The van der Waals surface area contributed by atoms with Gasteiger partial charge in [-0.2, -0.15) is 0 Å². The summed E-state index contributed by atoms with van der Waals surface area (Å²) >= 11 is 1.63. The number of pyridine rings is 1. The van der Waals surface area contributed by atoms with Crippen molar-refractivity contribution in [3.63, 3.8) is 0 Å². The Bertz CT molecular complexity index is 999. The molecule has 3 aromatic heterocycles. The van der Waals surface area contributed by atoms with Gasteiger partial charge >= 0.3 is 0 Å². The molecule has 0 atom stereocenters. The molecule has 0 aliphatic heterocycles. The lowest BCUT2D eigenvalue weighted by Crippen LogP contribution is -2.04. The van der Waals surface area contributed by atoms with Crippen LogP contribution in [0.3, 0.4) is 0 Å². The largest absolute Gasteiger partial charge is 0.364 e. The molecule has 6 heteroatoms. The molecule has 0 amide bonds. The SMILES string of the molecule is Cc1nc(NCc2csc(-c3ccncc3)n2)cc(-c2ccccc2)n1. The summed E-state index contributed by atoms with van der Waals surface area (Å²) in [6.07, 6.45) is 3.56. The van der Waals surface area contributed by atoms with Crippen LogP contribution in [0, 0.1) is 6.92 Å². The third-order valence-corrected chi connectivity index (χ3v) is 4.78. The van der Waals surface area contributed by atoms with E-state index in [1.807, 2.05) is 55.5 Å². The van der Waals surface area contributed by atoms with E-state index in [4.69, 9.17) is 0 Å². The summed E-state index contributed by atoms with van der Waals surface area (Å²) in [6.45, 7) is 2.52. The van der Waals surface area contributed by atoms with Gasteiger partial charge in [0.2, 0.25) is 0 Å². The Hall–Kier alpha value is -3.12. The van der Waals surface area contributed by atoms with Gasteiger partial charge in [0.05, 0.1) is 17.9 Å². The van der Waals surface area contributed by atoms with Gasteiger partial charge in [-0.05, 0) is 19.1 Å². The molecule has 0 saturated heterocycles. The first-order valence-electron chi connectivity index (χ1n) is 8.28. The molecule has 1 aromatic carbocycles. The fourth-order valence-corrected chi connectivity index (χ4v) is 3.44. The van der Waals surface area contributed by atoms with Gasteiger partial charge in [-0.25, -0.2) is 15.0 Å². The van der Waals surface area contributed by atoms with Crippen molar-refractivity contribution < 1.29 is 0 Å². The molecule has 0 unspecified atom stereocenters. The van der Waals surface area contributed by atoms with Gasteiger partial charge in [0, 0.05) is 35.0 Å². The Morgan fingerprint density at radius 2 is 1.73 bits per heavy atom. The summed E-state index contributed by atoms with van der Waals surface area (Å²) in [7, 11) is 0. The lowest BCUT2D eigenvalue weighted by Gasteiger charge is -2.08. The minimum absolute atomic E-state index is 0.617. The molecule has 0 fully saturated rings. The number of hydrogen-bond donors (Lipinski definition) is 1. The van der Waals surface area contributed by atoms with Crippen LogP contribution in [-0.4, -0.2) is 19.9 Å². The van der Waals surface area contributed by atoms with Crippen LogP contribution in [0.15, 0.2) is 66.3 Å². The molecule has 0 aliphatic carbocycles. The van der Waals surface area contributed by atoms with Crippen molar-refractivity contribution in [3.8, 4) is 21.8 Å². The van der Waals surface area contributed by atoms with Gasteiger partial charge in [-0.1, -0.05) is 30.3 Å². The lowest BCUT2D eigenvalue weighted by molar-refractivity contribution is 1.01. The Morgan fingerprint density at radius 1 is 0.923 bits per heavy atom. The van der Waals surface area contributed by atoms with Crippen LogP contribution >= 0.6 is 11.3 Å². The van der Waals surface area contributed by atoms with Gasteiger partial charge < -0.3 is 5.32 Å². The highest BCUT2D eigenvalue weighted by Gasteiger charge is 2.07. The van der Waals surface area contributed by atoms with E-state index in [0.29, 0.717) is 6.54 Å². The number of thiazole rings is 1. The molecule has 5 nitrogen and oxygen atoms in total. The van der Waals surface area contributed by atoms with Gasteiger partial charge in [0.15, 0.2) is 0 Å². The van der Waals surface area contributed by atoms with Crippen LogP contribution in [-0.2, 0) is 6.54 Å². The summed E-state index contributed by atoms with van der Waals surface area (Å²) in [6, 6.07) is 16.0. The third kappa shape index (κ3) is 3.75. The summed E-state index contributed by atoms with van der Waals surface area (Å²) in [5, 5.41) is 6.42. The first-order valence-corrected chi connectivity index (χ1v) is 9.16. The highest BCUT2D eigenvalue weighted by molar-refractivity contribution is 7.13. The summed E-state index contributed by atoms with van der Waals surface area (Å²) in [4.78, 5) is 17.7. The summed E-state index contributed by atoms with van der Waals surface area (Å²) in [5.41, 5.74) is 4.06. The maximum atomic E-state index is 4.68.